The third-order valence-electron chi connectivity index (χ3n) is 1.69. The number of aromatic nitrogens is 2. The topological polar surface area (TPSA) is 29.0 Å². The zero-order chi connectivity index (χ0) is 9.42. The molecule has 2 aromatic heterocycles. The first-order valence-electron chi connectivity index (χ1n) is 3.76. The highest BCUT2D eigenvalue weighted by Crippen LogP contribution is 2.33. The first kappa shape index (κ1) is 8.90. The van der Waals surface area contributed by atoms with Gasteiger partial charge in [-0.05, 0) is 22.0 Å². The molecule has 0 radical (unpaired) electrons. The molecular formula is C8H8BrN3S. The van der Waals surface area contributed by atoms with E-state index in [1.165, 1.54) is 0 Å². The van der Waals surface area contributed by atoms with Crippen LogP contribution in [0.2, 0.25) is 0 Å². The predicted octanol–water partition coefficient (Wildman–Crippen LogP) is 2.52. The summed E-state index contributed by atoms with van der Waals surface area (Å²) in [5, 5.41) is 0. The highest BCUT2D eigenvalue weighted by atomic mass is 79.9. The lowest BCUT2D eigenvalue weighted by atomic mass is 10.4. The fourth-order valence-electron chi connectivity index (χ4n) is 1.13. The van der Waals surface area contributed by atoms with Crippen LogP contribution in [0.3, 0.4) is 0 Å². The van der Waals surface area contributed by atoms with Crippen LogP contribution >= 0.6 is 27.3 Å². The van der Waals surface area contributed by atoms with Gasteiger partial charge in [-0.3, -0.25) is 0 Å². The zero-order valence-electron chi connectivity index (χ0n) is 7.28. The van der Waals surface area contributed by atoms with E-state index in [2.05, 4.69) is 25.9 Å². The van der Waals surface area contributed by atoms with Crippen molar-refractivity contribution in [2.45, 2.75) is 0 Å². The van der Waals surface area contributed by atoms with Crippen LogP contribution in [-0.4, -0.2) is 24.1 Å². The number of fused-ring (bicyclic) bond motifs is 1. The van der Waals surface area contributed by atoms with E-state index in [-0.39, 0.29) is 0 Å². The maximum Gasteiger partial charge on any atom is 0.149 e. The van der Waals surface area contributed by atoms with Crippen molar-refractivity contribution in [3.63, 3.8) is 0 Å². The molecule has 2 heterocycles. The van der Waals surface area contributed by atoms with Gasteiger partial charge in [-0.1, -0.05) is 0 Å². The average molecular weight is 258 g/mol. The SMILES string of the molecule is CN(C)c1ncnc2cc(Br)sc12. The molecule has 0 atom stereocenters. The van der Waals surface area contributed by atoms with E-state index in [0.717, 1.165) is 19.8 Å². The molecule has 2 aromatic rings. The molecule has 0 bridgehead atoms. The van der Waals surface area contributed by atoms with Crippen LogP contribution in [0.25, 0.3) is 10.2 Å². The number of rotatable bonds is 1. The predicted molar refractivity (Wildman–Crippen MR) is 59.4 cm³/mol. The number of thiophene rings is 1. The smallest absolute Gasteiger partial charge is 0.149 e. The van der Waals surface area contributed by atoms with Gasteiger partial charge in [0.25, 0.3) is 0 Å². The molecule has 0 aromatic carbocycles. The van der Waals surface area contributed by atoms with Gasteiger partial charge < -0.3 is 4.90 Å². The molecule has 0 saturated heterocycles. The second kappa shape index (κ2) is 3.23. The average Bonchev–Trinajstić information content (AvgIpc) is 2.43. The molecule has 2 rings (SSSR count). The monoisotopic (exact) mass is 257 g/mol. The van der Waals surface area contributed by atoms with Crippen LogP contribution in [0.4, 0.5) is 5.82 Å². The summed E-state index contributed by atoms with van der Waals surface area (Å²) in [5.74, 6) is 0.973. The number of hydrogen-bond donors (Lipinski definition) is 0. The van der Waals surface area contributed by atoms with Crippen LogP contribution in [0.5, 0.6) is 0 Å². The quantitative estimate of drug-likeness (QED) is 0.787. The number of anilines is 1. The lowest BCUT2D eigenvalue weighted by Gasteiger charge is -2.10. The number of nitrogens with zero attached hydrogens (tertiary/aromatic N) is 3. The Morgan fingerprint density at radius 2 is 2.15 bits per heavy atom. The number of hydrogen-bond acceptors (Lipinski definition) is 4. The molecule has 0 aliphatic carbocycles. The molecule has 68 valence electrons. The summed E-state index contributed by atoms with van der Waals surface area (Å²) in [6, 6.07) is 2.01. The summed E-state index contributed by atoms with van der Waals surface area (Å²) in [6.07, 6.45) is 1.59. The van der Waals surface area contributed by atoms with Gasteiger partial charge in [0, 0.05) is 14.1 Å². The van der Waals surface area contributed by atoms with E-state index in [1.807, 2.05) is 25.1 Å². The van der Waals surface area contributed by atoms with E-state index in [1.54, 1.807) is 17.7 Å². The Morgan fingerprint density at radius 1 is 1.38 bits per heavy atom. The molecule has 0 saturated carbocycles. The van der Waals surface area contributed by atoms with Crippen LogP contribution in [0.1, 0.15) is 0 Å². The first-order valence-corrected chi connectivity index (χ1v) is 5.37. The van der Waals surface area contributed by atoms with E-state index >= 15 is 0 Å². The molecule has 0 N–H and O–H groups in total. The maximum absolute atomic E-state index is 4.22. The Balaban J connectivity index is 2.75. The summed E-state index contributed by atoms with van der Waals surface area (Å²) in [4.78, 5) is 10.4. The van der Waals surface area contributed by atoms with Gasteiger partial charge in [0.15, 0.2) is 0 Å². The highest BCUT2D eigenvalue weighted by molar-refractivity contribution is 9.11. The Hall–Kier alpha value is -0.680. The zero-order valence-corrected chi connectivity index (χ0v) is 9.69. The number of halogens is 1. The Bertz CT molecular complexity index is 438. The van der Waals surface area contributed by atoms with Gasteiger partial charge in [0.05, 0.1) is 14.0 Å². The summed E-state index contributed by atoms with van der Waals surface area (Å²) < 4.78 is 2.21. The summed E-state index contributed by atoms with van der Waals surface area (Å²) in [5.41, 5.74) is 0.996. The third-order valence-corrected chi connectivity index (χ3v) is 3.31. The van der Waals surface area contributed by atoms with Gasteiger partial charge in [0.2, 0.25) is 0 Å². The third kappa shape index (κ3) is 1.53. The van der Waals surface area contributed by atoms with Crippen molar-refractivity contribution in [2.75, 3.05) is 19.0 Å². The van der Waals surface area contributed by atoms with Crippen molar-refractivity contribution in [1.82, 2.24) is 9.97 Å². The van der Waals surface area contributed by atoms with Crippen LogP contribution in [0.15, 0.2) is 16.2 Å². The van der Waals surface area contributed by atoms with Gasteiger partial charge in [-0.25, -0.2) is 9.97 Å². The second-order valence-corrected chi connectivity index (χ2v) is 5.29. The summed E-state index contributed by atoms with van der Waals surface area (Å²) in [6.45, 7) is 0. The minimum Gasteiger partial charge on any atom is -0.361 e. The normalized spacial score (nSPS) is 10.7. The van der Waals surface area contributed by atoms with E-state index in [9.17, 15) is 0 Å². The molecule has 0 aliphatic heterocycles. The lowest BCUT2D eigenvalue weighted by molar-refractivity contribution is 1.07. The minimum atomic E-state index is 0.973. The van der Waals surface area contributed by atoms with Crippen molar-refractivity contribution in [3.05, 3.63) is 16.2 Å². The fourth-order valence-corrected chi connectivity index (χ4v) is 2.74. The fraction of sp³-hybridized carbons (Fsp3) is 0.250. The van der Waals surface area contributed by atoms with Crippen molar-refractivity contribution in [1.29, 1.82) is 0 Å². The van der Waals surface area contributed by atoms with E-state index < -0.39 is 0 Å². The molecule has 0 fully saturated rings. The van der Waals surface area contributed by atoms with Gasteiger partial charge in [0.1, 0.15) is 12.1 Å². The van der Waals surface area contributed by atoms with Crippen molar-refractivity contribution in [3.8, 4) is 0 Å². The largest absolute Gasteiger partial charge is 0.361 e. The second-order valence-electron chi connectivity index (χ2n) is 2.86. The van der Waals surface area contributed by atoms with Crippen molar-refractivity contribution >= 4 is 43.3 Å². The maximum atomic E-state index is 4.22. The van der Waals surface area contributed by atoms with E-state index in [0.29, 0.717) is 0 Å². The molecule has 0 aliphatic rings. The van der Waals surface area contributed by atoms with Gasteiger partial charge in [-0.15, -0.1) is 11.3 Å². The molecule has 3 nitrogen and oxygen atoms in total. The first-order chi connectivity index (χ1) is 6.18. The van der Waals surface area contributed by atoms with Crippen molar-refractivity contribution < 1.29 is 0 Å². The molecule has 0 amide bonds. The lowest BCUT2D eigenvalue weighted by Crippen LogP contribution is -2.10. The Kier molecular flexibility index (Phi) is 2.21. The standard InChI is InChI=1S/C8H8BrN3S/c1-12(2)8-7-5(10-4-11-8)3-6(9)13-7/h3-4H,1-2H3. The molecule has 13 heavy (non-hydrogen) atoms. The molecule has 5 heteroatoms. The summed E-state index contributed by atoms with van der Waals surface area (Å²) in [7, 11) is 3.96. The van der Waals surface area contributed by atoms with Crippen molar-refractivity contribution in [2.24, 2.45) is 0 Å². The highest BCUT2D eigenvalue weighted by Gasteiger charge is 2.08. The Morgan fingerprint density at radius 3 is 2.85 bits per heavy atom. The summed E-state index contributed by atoms with van der Waals surface area (Å²) >= 11 is 5.10. The van der Waals surface area contributed by atoms with Crippen LogP contribution < -0.4 is 4.90 Å². The van der Waals surface area contributed by atoms with Crippen LogP contribution in [-0.2, 0) is 0 Å². The van der Waals surface area contributed by atoms with E-state index in [4.69, 9.17) is 0 Å². The Labute approximate surface area is 88.5 Å². The molecule has 0 unspecified atom stereocenters. The van der Waals surface area contributed by atoms with Crippen LogP contribution in [0, 0.1) is 0 Å². The minimum absolute atomic E-state index is 0.973. The molecular weight excluding hydrogens is 250 g/mol. The van der Waals surface area contributed by atoms with Gasteiger partial charge >= 0.3 is 0 Å². The molecule has 0 spiro atoms. The van der Waals surface area contributed by atoms with Gasteiger partial charge in [-0.2, -0.15) is 0 Å².